The van der Waals surface area contributed by atoms with E-state index >= 15 is 0 Å². The highest BCUT2D eigenvalue weighted by Crippen LogP contribution is 2.39. The molecule has 3 unspecified atom stereocenters. The second-order valence-corrected chi connectivity index (χ2v) is 9.97. The Morgan fingerprint density at radius 3 is 2.12 bits per heavy atom. The second kappa shape index (κ2) is 15.6. The van der Waals surface area contributed by atoms with E-state index in [-0.39, 0.29) is 56.1 Å². The van der Waals surface area contributed by atoms with Crippen LogP contribution in [0.1, 0.15) is 58.4 Å². The summed E-state index contributed by atoms with van der Waals surface area (Å²) in [5.74, 6) is 1.19. The molecule has 8 heteroatoms. The molecule has 0 N–H and O–H groups in total. The van der Waals surface area contributed by atoms with Gasteiger partial charge in [0.2, 0.25) is 0 Å². The van der Waals surface area contributed by atoms with Crippen LogP contribution in [0.2, 0.25) is 0 Å². The van der Waals surface area contributed by atoms with E-state index in [0.29, 0.717) is 35.7 Å². The van der Waals surface area contributed by atoms with E-state index < -0.39 is 5.97 Å². The van der Waals surface area contributed by atoms with Gasteiger partial charge in [-0.2, -0.15) is 0 Å². The van der Waals surface area contributed by atoms with Gasteiger partial charge in [0.1, 0.15) is 43.7 Å². The predicted octanol–water partition coefficient (Wildman–Crippen LogP) is 6.15. The molecule has 0 aromatic heterocycles. The Labute approximate surface area is 242 Å². The summed E-state index contributed by atoms with van der Waals surface area (Å²) in [6.45, 7) is 11.4. The first-order valence-electron chi connectivity index (χ1n) is 14.1. The van der Waals surface area contributed by atoms with Crippen LogP contribution >= 0.6 is 0 Å². The maximum Gasteiger partial charge on any atom is 0.333 e. The van der Waals surface area contributed by atoms with E-state index in [2.05, 4.69) is 37.8 Å². The zero-order valence-electron chi connectivity index (χ0n) is 24.4. The van der Waals surface area contributed by atoms with Gasteiger partial charge in [0, 0.05) is 36.3 Å². The molecule has 8 nitrogen and oxygen atoms in total. The third-order valence-corrected chi connectivity index (χ3v) is 6.67. The quantitative estimate of drug-likeness (QED) is 0.115. The van der Waals surface area contributed by atoms with Crippen molar-refractivity contribution >= 4 is 17.9 Å². The Morgan fingerprint density at radius 2 is 1.54 bits per heavy atom. The molecule has 2 aliphatic rings. The van der Waals surface area contributed by atoms with Crippen molar-refractivity contribution in [2.75, 3.05) is 26.4 Å². The Kier molecular flexibility index (Phi) is 12.0. The van der Waals surface area contributed by atoms with Crippen molar-refractivity contribution in [2.45, 2.75) is 52.9 Å². The molecule has 1 aromatic rings. The van der Waals surface area contributed by atoms with Gasteiger partial charge in [-0.1, -0.05) is 51.7 Å². The van der Waals surface area contributed by atoms with Crippen LogP contribution in [0.25, 0.3) is 0 Å². The normalized spacial score (nSPS) is 19.5. The van der Waals surface area contributed by atoms with Crippen molar-refractivity contribution in [3.63, 3.8) is 0 Å². The topological polar surface area (TPSA) is 97.4 Å². The molecule has 0 aliphatic heterocycles. The highest BCUT2D eigenvalue weighted by molar-refractivity contribution is 5.86. The smallest absolute Gasteiger partial charge is 0.333 e. The van der Waals surface area contributed by atoms with E-state index in [9.17, 15) is 14.4 Å². The summed E-state index contributed by atoms with van der Waals surface area (Å²) in [7, 11) is 0. The molecule has 220 valence electrons. The Morgan fingerprint density at radius 1 is 0.878 bits per heavy atom. The van der Waals surface area contributed by atoms with Gasteiger partial charge in [-0.25, -0.2) is 4.79 Å². The van der Waals surface area contributed by atoms with Crippen LogP contribution in [-0.4, -0.2) is 44.3 Å². The number of carbonyl (C=O) groups is 3. The van der Waals surface area contributed by atoms with Crippen molar-refractivity contribution in [3.8, 4) is 11.5 Å². The molecule has 0 fully saturated rings. The molecular formula is C33H40O8. The SMILES string of the molecule is C=C(C)C(=O)OCCOc1cc(OCCOC(=O)CC)cc(C2C=C(C3C=CC(OC(=O)CC)=CC3)C=CC2C)c1. The molecule has 0 spiro atoms. The van der Waals surface area contributed by atoms with E-state index in [4.69, 9.17) is 23.7 Å². The van der Waals surface area contributed by atoms with Gasteiger partial charge in [-0.05, 0) is 54.7 Å². The third-order valence-electron chi connectivity index (χ3n) is 6.67. The molecule has 3 rings (SSSR count). The molecule has 1 aromatic carbocycles. The first kappa shape index (κ1) is 31.5. The van der Waals surface area contributed by atoms with Gasteiger partial charge < -0.3 is 23.7 Å². The lowest BCUT2D eigenvalue weighted by molar-refractivity contribution is -0.144. The molecule has 0 bridgehead atoms. The van der Waals surface area contributed by atoms with Crippen LogP contribution in [0.5, 0.6) is 11.5 Å². The van der Waals surface area contributed by atoms with E-state index in [1.165, 1.54) is 5.57 Å². The van der Waals surface area contributed by atoms with Gasteiger partial charge in [-0.3, -0.25) is 9.59 Å². The van der Waals surface area contributed by atoms with Crippen molar-refractivity contribution in [1.82, 2.24) is 0 Å². The minimum atomic E-state index is -0.462. The minimum Gasteiger partial charge on any atom is -0.490 e. The van der Waals surface area contributed by atoms with Gasteiger partial charge in [0.15, 0.2) is 0 Å². The van der Waals surface area contributed by atoms with Crippen molar-refractivity contribution < 1.29 is 38.1 Å². The van der Waals surface area contributed by atoms with Gasteiger partial charge in [0.25, 0.3) is 0 Å². The first-order chi connectivity index (χ1) is 19.7. The summed E-state index contributed by atoms with van der Waals surface area (Å²) in [6.07, 6.45) is 13.9. The van der Waals surface area contributed by atoms with Crippen LogP contribution in [0.4, 0.5) is 0 Å². The standard InChI is InChI=1S/C33H40O8/c1-6-31(34)39-16-14-37-28-18-26(19-29(21-28)38-15-17-40-33(36)22(3)4)30-20-25(9-8-23(30)5)24-10-12-27(13-11-24)41-32(35)7-2/h8-10,12-13,18-21,23-24,30H,3,6-7,11,14-17H2,1-2,4-5H3. The number of esters is 3. The minimum absolute atomic E-state index is 0.0526. The molecule has 0 heterocycles. The van der Waals surface area contributed by atoms with Crippen molar-refractivity contribution in [1.29, 1.82) is 0 Å². The van der Waals surface area contributed by atoms with E-state index in [1.807, 2.05) is 24.3 Å². The summed E-state index contributed by atoms with van der Waals surface area (Å²) in [6, 6.07) is 5.72. The Balaban J connectivity index is 1.76. The number of hydrogen-bond donors (Lipinski definition) is 0. The number of ether oxygens (including phenoxy) is 5. The Hall–Kier alpha value is -4.07. The molecular weight excluding hydrogens is 524 g/mol. The zero-order chi connectivity index (χ0) is 29.8. The predicted molar refractivity (Wildman–Crippen MR) is 155 cm³/mol. The van der Waals surface area contributed by atoms with Crippen molar-refractivity contribution in [3.05, 3.63) is 83.7 Å². The maximum absolute atomic E-state index is 11.7. The van der Waals surface area contributed by atoms with E-state index in [0.717, 1.165) is 12.0 Å². The fourth-order valence-corrected chi connectivity index (χ4v) is 4.36. The van der Waals surface area contributed by atoms with Crippen LogP contribution in [0.3, 0.4) is 0 Å². The highest BCUT2D eigenvalue weighted by Gasteiger charge is 2.24. The van der Waals surface area contributed by atoms with E-state index in [1.54, 1.807) is 26.8 Å². The lowest BCUT2D eigenvalue weighted by Crippen LogP contribution is -2.15. The van der Waals surface area contributed by atoms with Gasteiger partial charge in [-0.15, -0.1) is 0 Å². The monoisotopic (exact) mass is 564 g/mol. The Bertz CT molecular complexity index is 1240. The first-order valence-corrected chi connectivity index (χ1v) is 14.1. The summed E-state index contributed by atoms with van der Waals surface area (Å²) < 4.78 is 27.5. The third kappa shape index (κ3) is 9.81. The molecule has 2 aliphatic carbocycles. The van der Waals surface area contributed by atoms with Gasteiger partial charge in [0.05, 0.1) is 0 Å². The summed E-state index contributed by atoms with van der Waals surface area (Å²) >= 11 is 0. The number of rotatable bonds is 14. The second-order valence-electron chi connectivity index (χ2n) is 9.97. The van der Waals surface area contributed by atoms with Crippen LogP contribution in [0, 0.1) is 11.8 Å². The molecule has 0 amide bonds. The van der Waals surface area contributed by atoms with Crippen LogP contribution in [0.15, 0.2) is 78.1 Å². The maximum atomic E-state index is 11.7. The number of allylic oxidation sites excluding steroid dienone is 7. The lowest BCUT2D eigenvalue weighted by atomic mass is 9.78. The number of hydrogen-bond acceptors (Lipinski definition) is 8. The molecule has 0 radical (unpaired) electrons. The summed E-state index contributed by atoms with van der Waals surface area (Å²) in [4.78, 5) is 34.8. The fraction of sp³-hybridized carbons (Fsp3) is 0.424. The lowest BCUT2D eigenvalue weighted by Gasteiger charge is -2.27. The van der Waals surface area contributed by atoms with Gasteiger partial charge >= 0.3 is 17.9 Å². The molecule has 3 atom stereocenters. The molecule has 41 heavy (non-hydrogen) atoms. The van der Waals surface area contributed by atoms with Crippen LogP contribution in [-0.2, 0) is 28.6 Å². The number of carbonyl (C=O) groups excluding carboxylic acids is 3. The van der Waals surface area contributed by atoms with Crippen molar-refractivity contribution in [2.24, 2.45) is 11.8 Å². The van der Waals surface area contributed by atoms with Crippen LogP contribution < -0.4 is 9.47 Å². The average molecular weight is 565 g/mol. The zero-order valence-corrected chi connectivity index (χ0v) is 24.4. The average Bonchev–Trinajstić information content (AvgIpc) is 2.97. The molecule has 0 saturated carbocycles. The summed E-state index contributed by atoms with van der Waals surface area (Å²) in [5, 5.41) is 0. The number of benzene rings is 1. The molecule has 0 saturated heterocycles. The largest absolute Gasteiger partial charge is 0.490 e. The highest BCUT2D eigenvalue weighted by atomic mass is 16.6. The summed E-state index contributed by atoms with van der Waals surface area (Å²) in [5.41, 5.74) is 2.51. The fourth-order valence-electron chi connectivity index (χ4n) is 4.36.